The van der Waals surface area contributed by atoms with Crippen LogP contribution in [-0.4, -0.2) is 41.5 Å². The summed E-state index contributed by atoms with van der Waals surface area (Å²) in [5.41, 5.74) is 0.375. The van der Waals surface area contributed by atoms with Gasteiger partial charge in [-0.1, -0.05) is 39.3 Å². The number of hydrogen-bond donors (Lipinski definition) is 1. The molecule has 0 unspecified atom stereocenters. The third kappa shape index (κ3) is 5.07. The van der Waals surface area contributed by atoms with Crippen molar-refractivity contribution in [1.82, 2.24) is 0 Å². The zero-order chi connectivity index (χ0) is 28.9. The molecule has 2 aliphatic rings. The Hall–Kier alpha value is -3.45. The van der Waals surface area contributed by atoms with E-state index < -0.39 is 11.6 Å². The number of ketones is 2. The lowest BCUT2D eigenvalue weighted by Gasteiger charge is -2.37. The Labute approximate surface area is 234 Å². The minimum absolute atomic E-state index is 0.0397. The zero-order valence-corrected chi connectivity index (χ0v) is 24.1. The topological polar surface area (TPSA) is 103 Å². The lowest BCUT2D eigenvalue weighted by atomic mass is 9.75. The van der Waals surface area contributed by atoms with Crippen LogP contribution in [-0.2, 0) is 16.0 Å². The van der Waals surface area contributed by atoms with Crippen LogP contribution in [0.5, 0.6) is 5.75 Å². The summed E-state index contributed by atoms with van der Waals surface area (Å²) >= 11 is 0. The lowest BCUT2D eigenvalue weighted by molar-refractivity contribution is -0.160. The molecule has 0 radical (unpaired) electrons. The molecule has 1 saturated carbocycles. The third-order valence-corrected chi connectivity index (χ3v) is 8.54. The average Bonchev–Trinajstić information content (AvgIpc) is 3.25. The molecule has 40 heavy (non-hydrogen) atoms. The van der Waals surface area contributed by atoms with E-state index in [2.05, 4.69) is 20.8 Å². The molecule has 0 amide bonds. The predicted octanol–water partition coefficient (Wildman–Crippen LogP) is 6.21. The number of hydrogen-bond acceptors (Lipinski definition) is 7. The summed E-state index contributed by atoms with van der Waals surface area (Å²) in [6.07, 6.45) is 2.67. The summed E-state index contributed by atoms with van der Waals surface area (Å²) in [5.74, 6) is 0.992. The fraction of sp³-hybridized carbons (Fsp3) is 0.485. The fourth-order valence-electron chi connectivity index (χ4n) is 6.57. The summed E-state index contributed by atoms with van der Waals surface area (Å²) in [6, 6.07) is 8.52. The molecule has 4 atom stereocenters. The number of rotatable bonds is 7. The second-order valence-corrected chi connectivity index (χ2v) is 12.3. The Morgan fingerprint density at radius 1 is 1.10 bits per heavy atom. The molecule has 3 aromatic rings. The van der Waals surface area contributed by atoms with Crippen molar-refractivity contribution in [1.29, 1.82) is 0 Å². The minimum Gasteiger partial charge on any atom is -0.496 e. The van der Waals surface area contributed by atoms with Crippen molar-refractivity contribution in [3.63, 3.8) is 0 Å². The third-order valence-electron chi connectivity index (χ3n) is 8.54. The van der Waals surface area contributed by atoms with E-state index in [-0.39, 0.29) is 58.5 Å². The number of methoxy groups -OCH3 is 1. The quantitative estimate of drug-likeness (QED) is 0.275. The van der Waals surface area contributed by atoms with Crippen LogP contribution >= 0.6 is 0 Å². The van der Waals surface area contributed by atoms with Gasteiger partial charge in [-0.15, -0.1) is 0 Å². The zero-order valence-electron chi connectivity index (χ0n) is 24.1. The Morgan fingerprint density at radius 3 is 2.48 bits per heavy atom. The number of carbonyl (C=O) groups is 3. The van der Waals surface area contributed by atoms with E-state index >= 15 is 0 Å². The Kier molecular flexibility index (Phi) is 7.38. The monoisotopic (exact) mass is 546 g/mol. The molecule has 2 aromatic carbocycles. The molecule has 1 N–H and O–H groups in total. The minimum atomic E-state index is -1.45. The number of carbonyl (C=O) groups excluding carboxylic acids is 3. The number of esters is 1. The van der Waals surface area contributed by atoms with E-state index in [1.54, 1.807) is 38.1 Å². The van der Waals surface area contributed by atoms with Crippen LogP contribution in [0.2, 0.25) is 0 Å². The fourth-order valence-corrected chi connectivity index (χ4v) is 6.57. The first-order valence-corrected chi connectivity index (χ1v) is 14.1. The van der Waals surface area contributed by atoms with Crippen LogP contribution in [0.3, 0.4) is 0 Å². The van der Waals surface area contributed by atoms with Crippen molar-refractivity contribution >= 4 is 28.5 Å². The van der Waals surface area contributed by atoms with Crippen LogP contribution in [0.25, 0.3) is 11.0 Å². The number of furan rings is 1. The smallest absolute Gasteiger partial charge is 0.308 e. The van der Waals surface area contributed by atoms with Crippen molar-refractivity contribution in [3.8, 4) is 5.75 Å². The van der Waals surface area contributed by atoms with E-state index in [4.69, 9.17) is 13.9 Å². The summed E-state index contributed by atoms with van der Waals surface area (Å²) in [7, 11) is 1.44. The van der Waals surface area contributed by atoms with Crippen LogP contribution < -0.4 is 4.74 Å². The largest absolute Gasteiger partial charge is 0.496 e. The van der Waals surface area contributed by atoms with E-state index in [0.29, 0.717) is 34.7 Å². The number of aliphatic hydroxyl groups is 1. The molecule has 0 saturated heterocycles. The van der Waals surface area contributed by atoms with E-state index in [0.717, 1.165) is 24.6 Å². The van der Waals surface area contributed by atoms with E-state index in [1.807, 2.05) is 6.07 Å². The van der Waals surface area contributed by atoms with Crippen molar-refractivity contribution in [2.75, 3.05) is 7.11 Å². The second kappa shape index (κ2) is 10.5. The average molecular weight is 547 g/mol. The molecule has 1 heterocycles. The lowest BCUT2D eigenvalue weighted by Crippen LogP contribution is -2.38. The predicted molar refractivity (Wildman–Crippen MR) is 151 cm³/mol. The summed E-state index contributed by atoms with van der Waals surface area (Å²) in [5, 5.41) is 12.1. The molecule has 7 heteroatoms. The van der Waals surface area contributed by atoms with Crippen LogP contribution in [0.1, 0.15) is 96.5 Å². The van der Waals surface area contributed by atoms with Crippen molar-refractivity contribution < 1.29 is 33.4 Å². The summed E-state index contributed by atoms with van der Waals surface area (Å²) in [4.78, 5) is 40.3. The summed E-state index contributed by atoms with van der Waals surface area (Å²) in [6.45, 7) is 9.86. The van der Waals surface area contributed by atoms with E-state index in [1.165, 1.54) is 7.11 Å². The van der Waals surface area contributed by atoms with Gasteiger partial charge < -0.3 is 19.0 Å². The van der Waals surface area contributed by atoms with Gasteiger partial charge >= 0.3 is 5.97 Å². The Morgan fingerprint density at radius 2 is 1.77 bits per heavy atom. The summed E-state index contributed by atoms with van der Waals surface area (Å²) < 4.78 is 17.4. The standard InChI is InChI=1S/C33H38O7/c1-17(2)22-10-7-18(3)13-25(22)40-26(34)16-33(5,37)15-21-9-12-23-27(31(21)38-6)29(35)24-11-8-20-14-19(4)39-32(20)28(24)30(23)36/h8-9,11-12,14,17-18,22,25,37H,7,10,13,15-16H2,1-6H3/t18-,22+,25-,33-/m0/s1. The molecule has 5 rings (SSSR count). The van der Waals surface area contributed by atoms with Gasteiger partial charge in [0.05, 0.1) is 30.3 Å². The van der Waals surface area contributed by atoms with Gasteiger partial charge in [-0.2, -0.15) is 0 Å². The molecule has 0 aliphatic heterocycles. The van der Waals surface area contributed by atoms with Crippen molar-refractivity contribution in [2.45, 2.75) is 78.4 Å². The van der Waals surface area contributed by atoms with Gasteiger partial charge in [-0.25, -0.2) is 0 Å². The van der Waals surface area contributed by atoms with Crippen LogP contribution in [0.4, 0.5) is 0 Å². The highest BCUT2D eigenvalue weighted by atomic mass is 16.5. The molecule has 1 aromatic heterocycles. The SMILES string of the molecule is COc1c(C[C@](C)(O)CC(=O)O[C@H]2C[C@@H](C)CC[C@@H]2C(C)C)ccc2c1C(=O)c1ccc3cc(C)oc3c1C2=O. The number of aryl methyl sites for hydroxylation is 1. The number of fused-ring (bicyclic) bond motifs is 4. The molecule has 0 spiro atoms. The molecular formula is C33H38O7. The molecular weight excluding hydrogens is 508 g/mol. The van der Waals surface area contributed by atoms with Gasteiger partial charge in [0.2, 0.25) is 0 Å². The second-order valence-electron chi connectivity index (χ2n) is 12.3. The van der Waals surface area contributed by atoms with Gasteiger partial charge in [0, 0.05) is 22.9 Å². The van der Waals surface area contributed by atoms with Gasteiger partial charge in [0.15, 0.2) is 11.6 Å². The molecule has 2 aliphatic carbocycles. The number of ether oxygens (including phenoxy) is 2. The maximum absolute atomic E-state index is 13.7. The highest BCUT2D eigenvalue weighted by Gasteiger charge is 2.38. The first-order valence-electron chi connectivity index (χ1n) is 14.1. The van der Waals surface area contributed by atoms with Crippen LogP contribution in [0, 0.1) is 24.7 Å². The normalized spacial score (nSPS) is 22.1. The molecule has 0 bridgehead atoms. The van der Waals surface area contributed by atoms with Crippen molar-refractivity contribution in [3.05, 3.63) is 63.9 Å². The van der Waals surface area contributed by atoms with Crippen LogP contribution in [0.15, 0.2) is 34.7 Å². The van der Waals surface area contributed by atoms with Gasteiger partial charge in [-0.05, 0) is 68.2 Å². The van der Waals surface area contributed by atoms with Crippen molar-refractivity contribution in [2.24, 2.45) is 17.8 Å². The van der Waals surface area contributed by atoms with Gasteiger partial charge in [0.1, 0.15) is 23.2 Å². The van der Waals surface area contributed by atoms with Gasteiger partial charge in [-0.3, -0.25) is 14.4 Å². The Balaban J connectivity index is 1.40. The first-order chi connectivity index (χ1) is 18.9. The molecule has 212 valence electrons. The maximum Gasteiger partial charge on any atom is 0.308 e. The van der Waals surface area contributed by atoms with Gasteiger partial charge in [0.25, 0.3) is 0 Å². The van der Waals surface area contributed by atoms with E-state index in [9.17, 15) is 19.5 Å². The highest BCUT2D eigenvalue weighted by Crippen LogP contribution is 2.40. The molecule has 1 fully saturated rings. The molecule has 7 nitrogen and oxygen atoms in total. The Bertz CT molecular complexity index is 1490. The number of benzene rings is 2. The highest BCUT2D eigenvalue weighted by molar-refractivity contribution is 6.32. The maximum atomic E-state index is 13.7. The first kappa shape index (κ1) is 28.1.